The van der Waals surface area contributed by atoms with Crippen molar-refractivity contribution in [3.63, 3.8) is 0 Å². The minimum atomic E-state index is -0.826. The van der Waals surface area contributed by atoms with Gasteiger partial charge in [0.1, 0.15) is 17.3 Å². The second-order valence-electron chi connectivity index (χ2n) is 3.49. The maximum Gasteiger partial charge on any atom is 0.257 e. The van der Waals surface area contributed by atoms with E-state index in [0.717, 1.165) is 15.9 Å². The van der Waals surface area contributed by atoms with Crippen LogP contribution >= 0.6 is 27.3 Å². The summed E-state index contributed by atoms with van der Waals surface area (Å²) in [6.07, 6.45) is 1.52. The molecule has 100 valence electrons. The standard InChI is InChI=1S/C11H8BrF2N3OS/c1-15-9-6(13)2-5(3-7(9)14)10(18)17-11-16-4-8(12)19-11/h2-4,15H,1H3,(H,16,17,18). The van der Waals surface area contributed by atoms with Crippen LogP contribution in [0.5, 0.6) is 0 Å². The van der Waals surface area contributed by atoms with E-state index >= 15 is 0 Å². The van der Waals surface area contributed by atoms with Gasteiger partial charge in [0, 0.05) is 12.6 Å². The third-order valence-corrected chi connectivity index (χ3v) is 3.64. The summed E-state index contributed by atoms with van der Waals surface area (Å²) in [5.74, 6) is -2.27. The molecule has 1 amide bonds. The Morgan fingerprint density at radius 2 is 2.00 bits per heavy atom. The molecule has 2 rings (SSSR count). The van der Waals surface area contributed by atoms with E-state index in [9.17, 15) is 13.6 Å². The van der Waals surface area contributed by atoms with Crippen molar-refractivity contribution in [1.29, 1.82) is 0 Å². The lowest BCUT2D eigenvalue weighted by atomic mass is 10.1. The molecule has 0 spiro atoms. The van der Waals surface area contributed by atoms with Crippen LogP contribution in [0.15, 0.2) is 22.1 Å². The molecule has 8 heteroatoms. The molecule has 19 heavy (non-hydrogen) atoms. The van der Waals surface area contributed by atoms with Crippen molar-refractivity contribution in [1.82, 2.24) is 4.98 Å². The second-order valence-corrected chi connectivity index (χ2v) is 5.90. The zero-order valence-corrected chi connectivity index (χ0v) is 12.0. The molecule has 0 saturated heterocycles. The molecule has 0 aliphatic heterocycles. The number of carbonyl (C=O) groups is 1. The highest BCUT2D eigenvalue weighted by molar-refractivity contribution is 9.11. The Morgan fingerprint density at radius 1 is 1.37 bits per heavy atom. The highest BCUT2D eigenvalue weighted by atomic mass is 79.9. The van der Waals surface area contributed by atoms with Crippen LogP contribution in [-0.4, -0.2) is 17.9 Å². The van der Waals surface area contributed by atoms with Crippen LogP contribution in [0.25, 0.3) is 0 Å². The van der Waals surface area contributed by atoms with E-state index in [-0.39, 0.29) is 11.3 Å². The lowest BCUT2D eigenvalue weighted by Gasteiger charge is -2.07. The molecular formula is C11H8BrF2N3OS. The topological polar surface area (TPSA) is 54.0 Å². The summed E-state index contributed by atoms with van der Waals surface area (Å²) >= 11 is 4.40. The zero-order valence-electron chi connectivity index (χ0n) is 9.63. The fourth-order valence-electron chi connectivity index (χ4n) is 1.42. The van der Waals surface area contributed by atoms with Crippen LogP contribution in [0.1, 0.15) is 10.4 Å². The van der Waals surface area contributed by atoms with Gasteiger partial charge in [0.25, 0.3) is 5.91 Å². The van der Waals surface area contributed by atoms with Gasteiger partial charge in [-0.15, -0.1) is 0 Å². The van der Waals surface area contributed by atoms with Crippen LogP contribution in [0.3, 0.4) is 0 Å². The predicted octanol–water partition coefficient (Wildman–Crippen LogP) is 3.48. The molecule has 0 aliphatic carbocycles. The van der Waals surface area contributed by atoms with Gasteiger partial charge in [0.2, 0.25) is 0 Å². The lowest BCUT2D eigenvalue weighted by molar-refractivity contribution is 0.102. The Bertz CT molecular complexity index is 609. The van der Waals surface area contributed by atoms with E-state index in [0.29, 0.717) is 5.13 Å². The predicted molar refractivity (Wildman–Crippen MR) is 73.7 cm³/mol. The average Bonchev–Trinajstić information content (AvgIpc) is 2.74. The molecule has 0 saturated carbocycles. The molecule has 1 heterocycles. The van der Waals surface area contributed by atoms with Crippen molar-refractivity contribution in [2.75, 3.05) is 17.7 Å². The fourth-order valence-corrected chi connectivity index (χ4v) is 2.53. The fraction of sp³-hybridized carbons (Fsp3) is 0.0909. The van der Waals surface area contributed by atoms with Crippen LogP contribution in [0.4, 0.5) is 19.6 Å². The first-order chi connectivity index (χ1) is 9.01. The van der Waals surface area contributed by atoms with Crippen molar-refractivity contribution in [3.8, 4) is 0 Å². The number of hydrogen-bond acceptors (Lipinski definition) is 4. The molecule has 1 aromatic carbocycles. The number of carbonyl (C=O) groups excluding carboxylic acids is 1. The number of nitrogens with zero attached hydrogens (tertiary/aromatic N) is 1. The van der Waals surface area contributed by atoms with Gasteiger partial charge in [-0.3, -0.25) is 10.1 Å². The number of halogens is 3. The maximum absolute atomic E-state index is 13.5. The Kier molecular flexibility index (Phi) is 4.11. The number of thiazole rings is 1. The molecule has 0 aliphatic rings. The summed E-state index contributed by atoms with van der Waals surface area (Å²) in [6.45, 7) is 0. The summed E-state index contributed by atoms with van der Waals surface area (Å²) in [6, 6.07) is 1.93. The van der Waals surface area contributed by atoms with Crippen molar-refractivity contribution >= 4 is 44.0 Å². The molecule has 0 fully saturated rings. The number of hydrogen-bond donors (Lipinski definition) is 2. The Balaban J connectivity index is 2.24. The molecule has 2 N–H and O–H groups in total. The lowest BCUT2D eigenvalue weighted by Crippen LogP contribution is -2.13. The van der Waals surface area contributed by atoms with Gasteiger partial charge < -0.3 is 5.32 Å². The third kappa shape index (κ3) is 3.07. The van der Waals surface area contributed by atoms with Crippen molar-refractivity contribution in [2.24, 2.45) is 0 Å². The summed E-state index contributed by atoms with van der Waals surface area (Å²) in [5.41, 5.74) is -0.381. The van der Waals surface area contributed by atoms with E-state index in [1.165, 1.54) is 24.6 Å². The first-order valence-corrected chi connectivity index (χ1v) is 6.71. The zero-order chi connectivity index (χ0) is 14.0. The maximum atomic E-state index is 13.5. The normalized spacial score (nSPS) is 10.3. The number of amides is 1. The average molecular weight is 348 g/mol. The Labute approximate surface area is 120 Å². The molecular weight excluding hydrogens is 340 g/mol. The molecule has 2 aromatic rings. The van der Waals surface area contributed by atoms with E-state index in [1.54, 1.807) is 0 Å². The Hall–Kier alpha value is -1.54. The highest BCUT2D eigenvalue weighted by Crippen LogP contribution is 2.25. The van der Waals surface area contributed by atoms with Gasteiger partial charge in [0.15, 0.2) is 5.13 Å². The SMILES string of the molecule is CNc1c(F)cc(C(=O)Nc2ncc(Br)s2)cc1F. The van der Waals surface area contributed by atoms with Crippen molar-refractivity contribution in [3.05, 3.63) is 39.3 Å². The molecule has 1 aromatic heterocycles. The van der Waals surface area contributed by atoms with Crippen molar-refractivity contribution in [2.45, 2.75) is 0 Å². The molecule has 0 atom stereocenters. The van der Waals surface area contributed by atoms with Crippen LogP contribution in [0, 0.1) is 11.6 Å². The van der Waals surface area contributed by atoms with E-state index in [1.807, 2.05) is 0 Å². The number of benzene rings is 1. The third-order valence-electron chi connectivity index (χ3n) is 2.25. The summed E-state index contributed by atoms with van der Waals surface area (Å²) in [5, 5.41) is 5.18. The molecule has 4 nitrogen and oxygen atoms in total. The molecule has 0 radical (unpaired) electrons. The largest absolute Gasteiger partial charge is 0.383 e. The quantitative estimate of drug-likeness (QED) is 0.893. The van der Waals surface area contributed by atoms with E-state index in [4.69, 9.17) is 0 Å². The van der Waals surface area contributed by atoms with Crippen LogP contribution in [-0.2, 0) is 0 Å². The van der Waals surface area contributed by atoms with Gasteiger partial charge >= 0.3 is 0 Å². The van der Waals surface area contributed by atoms with Gasteiger partial charge in [0.05, 0.1) is 9.98 Å². The van der Waals surface area contributed by atoms with E-state index in [2.05, 4.69) is 31.5 Å². The summed E-state index contributed by atoms with van der Waals surface area (Å²) < 4.78 is 27.8. The van der Waals surface area contributed by atoms with Gasteiger partial charge in [-0.25, -0.2) is 13.8 Å². The minimum absolute atomic E-state index is 0.111. The monoisotopic (exact) mass is 347 g/mol. The van der Waals surface area contributed by atoms with Crippen LogP contribution in [0.2, 0.25) is 0 Å². The number of nitrogens with one attached hydrogen (secondary N) is 2. The molecule has 0 unspecified atom stereocenters. The first kappa shape index (κ1) is 13.9. The summed E-state index contributed by atoms with van der Waals surface area (Å²) in [4.78, 5) is 15.7. The molecule has 0 bridgehead atoms. The minimum Gasteiger partial charge on any atom is -0.383 e. The van der Waals surface area contributed by atoms with Gasteiger partial charge in [-0.1, -0.05) is 11.3 Å². The highest BCUT2D eigenvalue weighted by Gasteiger charge is 2.15. The smallest absolute Gasteiger partial charge is 0.257 e. The Morgan fingerprint density at radius 3 is 2.47 bits per heavy atom. The number of rotatable bonds is 3. The van der Waals surface area contributed by atoms with Gasteiger partial charge in [-0.05, 0) is 28.1 Å². The number of anilines is 2. The van der Waals surface area contributed by atoms with Gasteiger partial charge in [-0.2, -0.15) is 0 Å². The van der Waals surface area contributed by atoms with Crippen LogP contribution < -0.4 is 10.6 Å². The first-order valence-electron chi connectivity index (χ1n) is 5.10. The van der Waals surface area contributed by atoms with Crippen molar-refractivity contribution < 1.29 is 13.6 Å². The van der Waals surface area contributed by atoms with E-state index < -0.39 is 17.5 Å². The second kappa shape index (κ2) is 5.62. The summed E-state index contributed by atoms with van der Waals surface area (Å²) in [7, 11) is 1.40. The number of aromatic nitrogens is 1.